The fourth-order valence-corrected chi connectivity index (χ4v) is 4.21. The van der Waals surface area contributed by atoms with E-state index in [1.165, 1.54) is 19.3 Å². The number of anilines is 1. The van der Waals surface area contributed by atoms with Gasteiger partial charge in [0.15, 0.2) is 5.16 Å². The van der Waals surface area contributed by atoms with Crippen molar-refractivity contribution in [2.24, 2.45) is 5.92 Å². The number of thioether (sulfide) groups is 1. The highest BCUT2D eigenvalue weighted by Gasteiger charge is 2.16. The first-order chi connectivity index (χ1) is 11.6. The number of H-pyrrole nitrogens is 1. The maximum Gasteiger partial charge on any atom is 0.166 e. The largest absolute Gasteiger partial charge is 0.368 e. The molecule has 6 heteroatoms. The Kier molecular flexibility index (Phi) is 6.31. The molecule has 0 aliphatic carbocycles. The number of halogens is 1. The molecule has 0 unspecified atom stereocenters. The van der Waals surface area contributed by atoms with Crippen molar-refractivity contribution in [3.8, 4) is 0 Å². The lowest BCUT2D eigenvalue weighted by molar-refractivity contribution is 0.551. The standard InChI is InChI=1S/C18H27ClN4S/c1-13(2)5-3-4-10-24-18-21-15-11-14(19)17(12-16(15)22-18)23-8-6-20-7-9-23/h11-13,20H,3-10H2,1-2H3,(H,21,22). The normalized spacial score (nSPS) is 15.6. The molecule has 1 aromatic carbocycles. The smallest absolute Gasteiger partial charge is 0.166 e. The molecule has 3 rings (SSSR count). The lowest BCUT2D eigenvalue weighted by Gasteiger charge is -2.30. The molecule has 0 amide bonds. The average molecular weight is 367 g/mol. The number of rotatable bonds is 7. The van der Waals surface area contributed by atoms with E-state index < -0.39 is 0 Å². The van der Waals surface area contributed by atoms with Crippen molar-refractivity contribution in [1.82, 2.24) is 15.3 Å². The number of aromatic nitrogens is 2. The van der Waals surface area contributed by atoms with Gasteiger partial charge in [-0.2, -0.15) is 0 Å². The summed E-state index contributed by atoms with van der Waals surface area (Å²) in [5.41, 5.74) is 3.15. The summed E-state index contributed by atoms with van der Waals surface area (Å²) in [4.78, 5) is 10.5. The Morgan fingerprint density at radius 1 is 1.25 bits per heavy atom. The number of aromatic amines is 1. The van der Waals surface area contributed by atoms with Gasteiger partial charge in [-0.15, -0.1) is 0 Å². The van der Waals surface area contributed by atoms with Crippen LogP contribution in [0.1, 0.15) is 33.1 Å². The topological polar surface area (TPSA) is 44.0 Å². The van der Waals surface area contributed by atoms with Gasteiger partial charge >= 0.3 is 0 Å². The number of unbranched alkanes of at least 4 members (excludes halogenated alkanes) is 1. The van der Waals surface area contributed by atoms with E-state index in [2.05, 4.69) is 35.1 Å². The highest BCUT2D eigenvalue weighted by atomic mass is 35.5. The highest BCUT2D eigenvalue weighted by Crippen LogP contribution is 2.32. The van der Waals surface area contributed by atoms with Crippen molar-refractivity contribution in [3.05, 3.63) is 17.2 Å². The molecule has 4 nitrogen and oxygen atoms in total. The van der Waals surface area contributed by atoms with E-state index in [1.807, 2.05) is 17.8 Å². The second-order valence-electron chi connectivity index (χ2n) is 6.84. The lowest BCUT2D eigenvalue weighted by Crippen LogP contribution is -2.43. The van der Waals surface area contributed by atoms with Crippen molar-refractivity contribution in [2.45, 2.75) is 38.3 Å². The molecule has 0 bridgehead atoms. The Bertz CT molecular complexity index is 664. The first kappa shape index (κ1) is 17.9. The molecular formula is C18H27ClN4S. The van der Waals surface area contributed by atoms with E-state index in [9.17, 15) is 0 Å². The quantitative estimate of drug-likeness (QED) is 0.557. The molecule has 2 aromatic rings. The Labute approximate surface area is 153 Å². The molecule has 24 heavy (non-hydrogen) atoms. The molecule has 132 valence electrons. The molecule has 1 aromatic heterocycles. The van der Waals surface area contributed by atoms with E-state index >= 15 is 0 Å². The predicted octanol–water partition coefficient (Wildman–Crippen LogP) is 4.54. The van der Waals surface area contributed by atoms with Gasteiger partial charge < -0.3 is 15.2 Å². The van der Waals surface area contributed by atoms with Gasteiger partial charge in [-0.25, -0.2) is 4.98 Å². The van der Waals surface area contributed by atoms with Crippen molar-refractivity contribution < 1.29 is 0 Å². The number of nitrogens with one attached hydrogen (secondary N) is 2. The van der Waals surface area contributed by atoms with E-state index in [1.54, 1.807) is 0 Å². The maximum atomic E-state index is 6.50. The second kappa shape index (κ2) is 8.45. The Morgan fingerprint density at radius 3 is 2.79 bits per heavy atom. The van der Waals surface area contributed by atoms with Crippen LogP contribution in [0.2, 0.25) is 5.02 Å². The molecule has 1 saturated heterocycles. The van der Waals surface area contributed by atoms with Crippen LogP contribution >= 0.6 is 23.4 Å². The Hall–Kier alpha value is -0.910. The minimum Gasteiger partial charge on any atom is -0.368 e. The molecule has 2 N–H and O–H groups in total. The van der Waals surface area contributed by atoms with E-state index in [-0.39, 0.29) is 0 Å². The monoisotopic (exact) mass is 366 g/mol. The zero-order chi connectivity index (χ0) is 16.9. The van der Waals surface area contributed by atoms with Gasteiger partial charge in [0.1, 0.15) is 0 Å². The molecular weight excluding hydrogens is 340 g/mol. The minimum absolute atomic E-state index is 0.798. The third-order valence-electron chi connectivity index (χ3n) is 4.40. The summed E-state index contributed by atoms with van der Waals surface area (Å²) in [7, 11) is 0. The number of fused-ring (bicyclic) bond motifs is 1. The van der Waals surface area contributed by atoms with Crippen LogP contribution in [0.25, 0.3) is 11.0 Å². The molecule has 1 fully saturated rings. The van der Waals surface area contributed by atoms with Crippen molar-refractivity contribution >= 4 is 40.1 Å². The number of hydrogen-bond acceptors (Lipinski definition) is 4. The van der Waals surface area contributed by atoms with Crippen molar-refractivity contribution in [1.29, 1.82) is 0 Å². The number of nitrogens with zero attached hydrogens (tertiary/aromatic N) is 2. The van der Waals surface area contributed by atoms with Gasteiger partial charge in [0, 0.05) is 31.9 Å². The van der Waals surface area contributed by atoms with Gasteiger partial charge in [-0.3, -0.25) is 0 Å². The summed E-state index contributed by atoms with van der Waals surface area (Å²) < 4.78 is 0. The summed E-state index contributed by atoms with van der Waals surface area (Å²) in [6, 6.07) is 4.15. The highest BCUT2D eigenvalue weighted by molar-refractivity contribution is 7.99. The third-order valence-corrected chi connectivity index (χ3v) is 5.66. The van der Waals surface area contributed by atoms with Gasteiger partial charge in [0.2, 0.25) is 0 Å². The van der Waals surface area contributed by atoms with Crippen LogP contribution in [0.4, 0.5) is 5.69 Å². The second-order valence-corrected chi connectivity index (χ2v) is 8.33. The summed E-state index contributed by atoms with van der Waals surface area (Å²) in [6.07, 6.45) is 3.85. The summed E-state index contributed by atoms with van der Waals surface area (Å²) in [5.74, 6) is 1.91. The fraction of sp³-hybridized carbons (Fsp3) is 0.611. The number of benzene rings is 1. The van der Waals surface area contributed by atoms with Crippen LogP contribution in [-0.4, -0.2) is 41.9 Å². The van der Waals surface area contributed by atoms with Crippen LogP contribution in [0, 0.1) is 5.92 Å². The summed E-state index contributed by atoms with van der Waals surface area (Å²) in [5, 5.41) is 5.19. The molecule has 1 aliphatic rings. The third kappa shape index (κ3) is 4.58. The van der Waals surface area contributed by atoms with Crippen LogP contribution in [0.5, 0.6) is 0 Å². The SMILES string of the molecule is CC(C)CCCCSc1nc2cc(N3CCNCC3)c(Cl)cc2[nH]1. The number of piperazine rings is 1. The van der Waals surface area contributed by atoms with E-state index in [4.69, 9.17) is 16.6 Å². The first-order valence-corrected chi connectivity index (χ1v) is 10.3. The minimum atomic E-state index is 0.798. The maximum absolute atomic E-state index is 6.50. The number of imidazole rings is 1. The van der Waals surface area contributed by atoms with Crippen LogP contribution in [-0.2, 0) is 0 Å². The zero-order valence-corrected chi connectivity index (χ0v) is 16.1. The van der Waals surface area contributed by atoms with Crippen LogP contribution in [0.3, 0.4) is 0 Å². The van der Waals surface area contributed by atoms with Gasteiger partial charge in [0.05, 0.1) is 21.7 Å². The lowest BCUT2D eigenvalue weighted by atomic mass is 10.1. The Morgan fingerprint density at radius 2 is 2.04 bits per heavy atom. The van der Waals surface area contributed by atoms with Gasteiger partial charge in [-0.1, -0.05) is 50.1 Å². The van der Waals surface area contributed by atoms with Crippen molar-refractivity contribution in [2.75, 3.05) is 36.8 Å². The average Bonchev–Trinajstić information content (AvgIpc) is 2.96. The zero-order valence-electron chi connectivity index (χ0n) is 14.6. The van der Waals surface area contributed by atoms with Crippen LogP contribution < -0.4 is 10.2 Å². The molecule has 1 aliphatic heterocycles. The molecule has 0 atom stereocenters. The van der Waals surface area contributed by atoms with Crippen LogP contribution in [0.15, 0.2) is 17.3 Å². The molecule has 2 heterocycles. The molecule has 0 saturated carbocycles. The first-order valence-electron chi connectivity index (χ1n) is 8.91. The summed E-state index contributed by atoms with van der Waals surface area (Å²) >= 11 is 8.32. The molecule has 0 spiro atoms. The fourth-order valence-electron chi connectivity index (χ4n) is 3.04. The summed E-state index contributed by atoms with van der Waals surface area (Å²) in [6.45, 7) is 8.57. The van der Waals surface area contributed by atoms with E-state index in [0.29, 0.717) is 0 Å². The van der Waals surface area contributed by atoms with Gasteiger partial charge in [-0.05, 0) is 24.5 Å². The van der Waals surface area contributed by atoms with E-state index in [0.717, 1.165) is 64.7 Å². The Balaban J connectivity index is 1.64. The number of hydrogen-bond donors (Lipinski definition) is 2. The van der Waals surface area contributed by atoms with Crippen molar-refractivity contribution in [3.63, 3.8) is 0 Å². The predicted molar refractivity (Wildman–Crippen MR) is 106 cm³/mol. The molecule has 0 radical (unpaired) electrons. The van der Waals surface area contributed by atoms with Gasteiger partial charge in [0.25, 0.3) is 0 Å².